The Morgan fingerprint density at radius 1 is 1.24 bits per heavy atom. The topological polar surface area (TPSA) is 52.5 Å². The van der Waals surface area contributed by atoms with Gasteiger partial charge in [0.1, 0.15) is 12.1 Å². The summed E-state index contributed by atoms with van der Waals surface area (Å²) in [4.78, 5) is 13.5. The molecule has 1 aromatic heterocycles. The van der Waals surface area contributed by atoms with Crippen LogP contribution in [0.5, 0.6) is 0 Å². The molecule has 0 radical (unpaired) electrons. The van der Waals surface area contributed by atoms with Crippen molar-refractivity contribution < 1.29 is 5.11 Å². The molecule has 2 heterocycles. The van der Waals surface area contributed by atoms with Crippen LogP contribution in [0.2, 0.25) is 0 Å². The summed E-state index contributed by atoms with van der Waals surface area (Å²) < 4.78 is 0. The Bertz CT molecular complexity index is 475. The molecule has 0 spiro atoms. The minimum Gasteiger partial charge on any atom is -0.396 e. The van der Waals surface area contributed by atoms with Gasteiger partial charge in [-0.2, -0.15) is 0 Å². The van der Waals surface area contributed by atoms with E-state index in [1.165, 1.54) is 18.5 Å². The molecule has 0 aromatic carbocycles. The van der Waals surface area contributed by atoms with Crippen LogP contribution in [0, 0.1) is 11.8 Å². The summed E-state index contributed by atoms with van der Waals surface area (Å²) in [5.41, 5.74) is 1.19. The molecule has 0 amide bonds. The van der Waals surface area contributed by atoms with E-state index in [9.17, 15) is 5.11 Å². The van der Waals surface area contributed by atoms with Crippen LogP contribution < -0.4 is 4.90 Å². The Kier molecular flexibility index (Phi) is 4.40. The average molecular weight is 290 g/mol. The molecule has 2 aliphatic rings. The molecule has 116 valence electrons. The molecule has 0 unspecified atom stereocenters. The minimum absolute atomic E-state index is 0.265. The van der Waals surface area contributed by atoms with Crippen molar-refractivity contribution in [1.29, 1.82) is 0 Å². The number of hydrogen-bond donors (Lipinski definition) is 1. The van der Waals surface area contributed by atoms with Gasteiger partial charge in [0.25, 0.3) is 0 Å². The molecule has 0 bridgehead atoms. The van der Waals surface area contributed by atoms with Crippen LogP contribution in [0.4, 0.5) is 5.82 Å². The van der Waals surface area contributed by atoms with Gasteiger partial charge in [-0.15, -0.1) is 0 Å². The predicted octanol–water partition coefficient (Wildman–Crippen LogP) is 1.35. The van der Waals surface area contributed by atoms with E-state index < -0.39 is 0 Å². The van der Waals surface area contributed by atoms with E-state index in [0.29, 0.717) is 17.8 Å². The summed E-state index contributed by atoms with van der Waals surface area (Å²) >= 11 is 0. The van der Waals surface area contributed by atoms with Crippen LogP contribution in [0.1, 0.15) is 30.9 Å². The summed E-state index contributed by atoms with van der Waals surface area (Å²) in [5.74, 6) is 2.63. The largest absolute Gasteiger partial charge is 0.396 e. The lowest BCUT2D eigenvalue weighted by Crippen LogP contribution is -2.45. The zero-order valence-electron chi connectivity index (χ0n) is 13.1. The Morgan fingerprint density at radius 2 is 2.00 bits per heavy atom. The quantitative estimate of drug-likeness (QED) is 0.887. The Balaban J connectivity index is 1.74. The Labute approximate surface area is 127 Å². The van der Waals surface area contributed by atoms with Crippen LogP contribution in [0.15, 0.2) is 12.4 Å². The minimum atomic E-state index is 0.265. The third-order valence-corrected chi connectivity index (χ3v) is 4.50. The van der Waals surface area contributed by atoms with E-state index in [1.807, 2.05) is 0 Å². The molecule has 2 fully saturated rings. The highest BCUT2D eigenvalue weighted by Crippen LogP contribution is 2.39. The van der Waals surface area contributed by atoms with Gasteiger partial charge >= 0.3 is 0 Å². The van der Waals surface area contributed by atoms with E-state index in [2.05, 4.69) is 39.9 Å². The van der Waals surface area contributed by atoms with E-state index in [1.54, 1.807) is 6.33 Å². The second kappa shape index (κ2) is 6.28. The first-order chi connectivity index (χ1) is 10.2. The van der Waals surface area contributed by atoms with Crippen molar-refractivity contribution >= 4 is 5.82 Å². The summed E-state index contributed by atoms with van der Waals surface area (Å²) in [5, 5.41) is 9.59. The second-order valence-electron chi connectivity index (χ2n) is 6.89. The highest BCUT2D eigenvalue weighted by Gasteiger charge is 2.30. The Hall–Kier alpha value is -1.20. The lowest BCUT2D eigenvalue weighted by Gasteiger charge is -2.39. The summed E-state index contributed by atoms with van der Waals surface area (Å²) in [7, 11) is 4.23. The summed E-state index contributed by atoms with van der Waals surface area (Å²) in [6.45, 7) is 3.26. The van der Waals surface area contributed by atoms with Gasteiger partial charge in [0.15, 0.2) is 0 Å². The van der Waals surface area contributed by atoms with E-state index in [-0.39, 0.29) is 6.61 Å². The molecule has 5 heteroatoms. The number of aliphatic hydroxyl groups is 1. The molecule has 1 saturated carbocycles. The van der Waals surface area contributed by atoms with Gasteiger partial charge in [-0.3, -0.25) is 0 Å². The molecule has 1 aliphatic carbocycles. The number of anilines is 1. The molecule has 1 aromatic rings. The SMILES string of the molecule is CN(C)C[C@H]1C[C@@H](CO)CN(c2cc(C3CC3)ncn2)C1. The number of rotatable bonds is 5. The predicted molar refractivity (Wildman–Crippen MR) is 83.5 cm³/mol. The molecular weight excluding hydrogens is 264 g/mol. The van der Waals surface area contributed by atoms with Gasteiger partial charge in [-0.25, -0.2) is 9.97 Å². The fraction of sp³-hybridized carbons (Fsp3) is 0.750. The number of nitrogens with zero attached hydrogens (tertiary/aromatic N) is 4. The van der Waals surface area contributed by atoms with Crippen molar-refractivity contribution in [2.75, 3.05) is 45.2 Å². The van der Waals surface area contributed by atoms with Gasteiger partial charge in [0.2, 0.25) is 0 Å². The third kappa shape index (κ3) is 3.71. The van der Waals surface area contributed by atoms with E-state index in [4.69, 9.17) is 0 Å². The number of aromatic nitrogens is 2. The van der Waals surface area contributed by atoms with E-state index in [0.717, 1.165) is 31.9 Å². The average Bonchev–Trinajstić information content (AvgIpc) is 3.31. The van der Waals surface area contributed by atoms with Gasteiger partial charge in [-0.1, -0.05) is 0 Å². The lowest BCUT2D eigenvalue weighted by molar-refractivity contribution is 0.170. The van der Waals surface area contributed by atoms with Crippen LogP contribution >= 0.6 is 0 Å². The van der Waals surface area contributed by atoms with Crippen molar-refractivity contribution in [2.24, 2.45) is 11.8 Å². The zero-order chi connectivity index (χ0) is 14.8. The number of piperidine rings is 1. The van der Waals surface area contributed by atoms with Crippen molar-refractivity contribution in [2.45, 2.75) is 25.2 Å². The Morgan fingerprint density at radius 3 is 2.67 bits per heavy atom. The normalized spacial score (nSPS) is 26.4. The fourth-order valence-electron chi connectivity index (χ4n) is 3.42. The molecule has 5 nitrogen and oxygen atoms in total. The monoisotopic (exact) mass is 290 g/mol. The highest BCUT2D eigenvalue weighted by molar-refractivity contribution is 5.41. The maximum Gasteiger partial charge on any atom is 0.132 e. The molecular formula is C16H26N4O. The molecule has 1 aliphatic heterocycles. The molecule has 1 N–H and O–H groups in total. The standard InChI is InChI=1S/C16H26N4O/c1-19(2)7-12-5-13(10-21)9-20(8-12)16-6-15(14-3-4-14)17-11-18-16/h6,11-14,21H,3-5,7-10H2,1-2H3/t12-,13-/m1/s1. The first-order valence-corrected chi connectivity index (χ1v) is 7.98. The van der Waals surface area contributed by atoms with Crippen LogP contribution in [0.25, 0.3) is 0 Å². The van der Waals surface area contributed by atoms with Crippen LogP contribution in [-0.4, -0.2) is 60.3 Å². The number of aliphatic hydroxyl groups excluding tert-OH is 1. The maximum atomic E-state index is 9.59. The summed E-state index contributed by atoms with van der Waals surface area (Å²) in [6.07, 6.45) is 5.33. The first kappa shape index (κ1) is 14.7. The smallest absolute Gasteiger partial charge is 0.132 e. The highest BCUT2D eigenvalue weighted by atomic mass is 16.3. The van der Waals surface area contributed by atoms with Crippen molar-refractivity contribution in [3.63, 3.8) is 0 Å². The van der Waals surface area contributed by atoms with Gasteiger partial charge in [0.05, 0.1) is 0 Å². The second-order valence-corrected chi connectivity index (χ2v) is 6.89. The van der Waals surface area contributed by atoms with E-state index >= 15 is 0 Å². The maximum absolute atomic E-state index is 9.59. The zero-order valence-corrected chi connectivity index (χ0v) is 13.1. The van der Waals surface area contributed by atoms with Gasteiger partial charge in [0, 0.05) is 43.9 Å². The van der Waals surface area contributed by atoms with Crippen LogP contribution in [0.3, 0.4) is 0 Å². The van der Waals surface area contributed by atoms with Crippen LogP contribution in [-0.2, 0) is 0 Å². The summed E-state index contributed by atoms with van der Waals surface area (Å²) in [6, 6.07) is 2.16. The third-order valence-electron chi connectivity index (χ3n) is 4.50. The van der Waals surface area contributed by atoms with Crippen molar-refractivity contribution in [3.05, 3.63) is 18.1 Å². The molecule has 21 heavy (non-hydrogen) atoms. The fourth-order valence-corrected chi connectivity index (χ4v) is 3.42. The molecule has 1 saturated heterocycles. The molecule has 3 rings (SSSR count). The van der Waals surface area contributed by atoms with Crippen molar-refractivity contribution in [1.82, 2.24) is 14.9 Å². The van der Waals surface area contributed by atoms with Gasteiger partial charge in [-0.05, 0) is 45.2 Å². The van der Waals surface area contributed by atoms with Crippen molar-refractivity contribution in [3.8, 4) is 0 Å². The molecule has 2 atom stereocenters. The lowest BCUT2D eigenvalue weighted by atomic mass is 9.89. The number of hydrogen-bond acceptors (Lipinski definition) is 5. The first-order valence-electron chi connectivity index (χ1n) is 7.98. The van der Waals surface area contributed by atoms with Gasteiger partial charge < -0.3 is 14.9 Å².